The van der Waals surface area contributed by atoms with Gasteiger partial charge in [0.2, 0.25) is 0 Å². The first-order valence-electron chi connectivity index (χ1n) is 10.1. The predicted molar refractivity (Wildman–Crippen MR) is 109 cm³/mol. The SMILES string of the molecule is CCc1c(C(=O)CC2(c3ccccc3)CCCN(C)C2)ccc(C(F)(F)F)c1C. The number of alkyl halides is 3. The molecule has 1 saturated heterocycles. The van der Waals surface area contributed by atoms with Gasteiger partial charge in [-0.3, -0.25) is 4.79 Å². The smallest absolute Gasteiger partial charge is 0.305 e. The normalized spacial score (nSPS) is 20.6. The number of benzene rings is 2. The number of piperidine rings is 1. The van der Waals surface area contributed by atoms with E-state index in [0.717, 1.165) is 37.6 Å². The molecule has 0 amide bonds. The molecule has 2 aromatic carbocycles. The van der Waals surface area contributed by atoms with Crippen molar-refractivity contribution in [3.63, 3.8) is 0 Å². The van der Waals surface area contributed by atoms with Crippen LogP contribution in [0.25, 0.3) is 0 Å². The summed E-state index contributed by atoms with van der Waals surface area (Å²) in [6, 6.07) is 12.5. The first kappa shape index (κ1) is 21.6. The Balaban J connectivity index is 2.00. The summed E-state index contributed by atoms with van der Waals surface area (Å²) in [6.07, 6.45) is -1.82. The van der Waals surface area contributed by atoms with Crippen LogP contribution in [0.2, 0.25) is 0 Å². The summed E-state index contributed by atoms with van der Waals surface area (Å²) in [5, 5.41) is 0. The molecule has 0 spiro atoms. The van der Waals surface area contributed by atoms with Crippen LogP contribution in [0.4, 0.5) is 13.2 Å². The first-order chi connectivity index (χ1) is 13.7. The molecule has 0 radical (unpaired) electrons. The highest BCUT2D eigenvalue weighted by Crippen LogP contribution is 2.39. The van der Waals surface area contributed by atoms with Gasteiger partial charge in [-0.15, -0.1) is 0 Å². The van der Waals surface area contributed by atoms with Crippen LogP contribution in [-0.4, -0.2) is 30.8 Å². The van der Waals surface area contributed by atoms with E-state index in [1.165, 1.54) is 13.0 Å². The maximum Gasteiger partial charge on any atom is 0.416 e. The minimum absolute atomic E-state index is 0.0715. The van der Waals surface area contributed by atoms with Gasteiger partial charge < -0.3 is 4.90 Å². The number of nitrogens with zero attached hydrogens (tertiary/aromatic N) is 1. The van der Waals surface area contributed by atoms with Gasteiger partial charge in [-0.1, -0.05) is 43.3 Å². The van der Waals surface area contributed by atoms with Crippen LogP contribution in [0.15, 0.2) is 42.5 Å². The number of likely N-dealkylation sites (tertiary alicyclic amines) is 1. The minimum Gasteiger partial charge on any atom is -0.305 e. The second kappa shape index (κ2) is 8.31. The lowest BCUT2D eigenvalue weighted by Gasteiger charge is -2.42. The molecule has 2 nitrogen and oxygen atoms in total. The van der Waals surface area contributed by atoms with Crippen LogP contribution in [-0.2, 0) is 18.0 Å². The van der Waals surface area contributed by atoms with Gasteiger partial charge in [0.1, 0.15) is 0 Å². The number of hydrogen-bond acceptors (Lipinski definition) is 2. The molecule has 0 aliphatic carbocycles. The number of rotatable bonds is 5. The van der Waals surface area contributed by atoms with E-state index in [1.54, 1.807) is 6.92 Å². The van der Waals surface area contributed by atoms with Gasteiger partial charge >= 0.3 is 6.18 Å². The summed E-state index contributed by atoms with van der Waals surface area (Å²) in [5.74, 6) is -0.0715. The summed E-state index contributed by atoms with van der Waals surface area (Å²) >= 11 is 0. The number of Topliss-reactive ketones (excluding diaryl/α,β-unsaturated/α-hetero) is 1. The topological polar surface area (TPSA) is 20.3 Å². The molecule has 0 aromatic heterocycles. The van der Waals surface area contributed by atoms with Gasteiger partial charge in [0.15, 0.2) is 5.78 Å². The monoisotopic (exact) mass is 403 g/mol. The maximum absolute atomic E-state index is 13.4. The molecule has 1 heterocycles. The van der Waals surface area contributed by atoms with Crippen molar-refractivity contribution in [2.45, 2.75) is 51.1 Å². The highest BCUT2D eigenvalue weighted by Gasteiger charge is 2.39. The van der Waals surface area contributed by atoms with Crippen molar-refractivity contribution in [1.29, 1.82) is 0 Å². The van der Waals surface area contributed by atoms with Gasteiger partial charge in [0, 0.05) is 23.9 Å². The zero-order chi connectivity index (χ0) is 21.2. The molecule has 156 valence electrons. The second-order valence-corrected chi connectivity index (χ2v) is 8.20. The van der Waals surface area contributed by atoms with Crippen molar-refractivity contribution in [2.24, 2.45) is 0 Å². The van der Waals surface area contributed by atoms with E-state index >= 15 is 0 Å². The molecule has 29 heavy (non-hydrogen) atoms. The number of hydrogen-bond donors (Lipinski definition) is 0. The van der Waals surface area contributed by atoms with E-state index in [4.69, 9.17) is 0 Å². The summed E-state index contributed by atoms with van der Waals surface area (Å²) < 4.78 is 39.9. The van der Waals surface area contributed by atoms with Gasteiger partial charge in [-0.25, -0.2) is 0 Å². The molecule has 0 bridgehead atoms. The molecule has 3 rings (SSSR count). The molecule has 1 fully saturated rings. The minimum atomic E-state index is -4.41. The lowest BCUT2D eigenvalue weighted by Crippen LogP contribution is -2.45. The summed E-state index contributed by atoms with van der Waals surface area (Å²) in [4.78, 5) is 15.6. The maximum atomic E-state index is 13.4. The van der Waals surface area contributed by atoms with Gasteiger partial charge in [0.25, 0.3) is 0 Å². The van der Waals surface area contributed by atoms with E-state index in [1.807, 2.05) is 18.2 Å². The Labute approximate surface area is 170 Å². The molecule has 0 N–H and O–H groups in total. The third kappa shape index (κ3) is 4.40. The Morgan fingerprint density at radius 2 is 1.83 bits per heavy atom. The van der Waals surface area contributed by atoms with E-state index in [9.17, 15) is 18.0 Å². The zero-order valence-corrected chi connectivity index (χ0v) is 17.3. The molecule has 0 saturated carbocycles. The van der Waals surface area contributed by atoms with Crippen LogP contribution in [0.5, 0.6) is 0 Å². The van der Waals surface area contributed by atoms with Gasteiger partial charge in [-0.2, -0.15) is 13.2 Å². The molecule has 2 aromatic rings. The van der Waals surface area contributed by atoms with Crippen molar-refractivity contribution in [3.05, 3.63) is 70.3 Å². The molecule has 1 aliphatic rings. The van der Waals surface area contributed by atoms with Crippen molar-refractivity contribution in [1.82, 2.24) is 4.90 Å². The zero-order valence-electron chi connectivity index (χ0n) is 17.3. The highest BCUT2D eigenvalue weighted by atomic mass is 19.4. The fourth-order valence-electron chi connectivity index (χ4n) is 4.82. The van der Waals surface area contributed by atoms with E-state index in [0.29, 0.717) is 24.0 Å². The van der Waals surface area contributed by atoms with Crippen molar-refractivity contribution < 1.29 is 18.0 Å². The van der Waals surface area contributed by atoms with Crippen LogP contribution in [0.1, 0.15) is 58.8 Å². The Morgan fingerprint density at radius 3 is 2.41 bits per heavy atom. The number of halogens is 3. The third-order valence-corrected chi connectivity index (χ3v) is 6.21. The molecular weight excluding hydrogens is 375 g/mol. The molecule has 1 atom stereocenters. The lowest BCUT2D eigenvalue weighted by atomic mass is 9.70. The Kier molecular flexibility index (Phi) is 6.18. The number of likely N-dealkylation sites (N-methyl/N-ethyl adjacent to an activating group) is 1. The lowest BCUT2D eigenvalue weighted by molar-refractivity contribution is -0.138. The molecule has 1 aliphatic heterocycles. The number of carbonyl (C=O) groups excluding carboxylic acids is 1. The van der Waals surface area contributed by atoms with Crippen LogP contribution in [0.3, 0.4) is 0 Å². The fourth-order valence-corrected chi connectivity index (χ4v) is 4.82. The summed E-state index contributed by atoms with van der Waals surface area (Å²) in [6.45, 7) is 5.03. The van der Waals surface area contributed by atoms with E-state index < -0.39 is 11.7 Å². The van der Waals surface area contributed by atoms with E-state index in [-0.39, 0.29) is 16.8 Å². The van der Waals surface area contributed by atoms with Crippen molar-refractivity contribution in [2.75, 3.05) is 20.1 Å². The largest absolute Gasteiger partial charge is 0.416 e. The standard InChI is InChI=1S/C24H28F3NO/c1-4-19-17(2)21(24(25,26)27)12-11-20(19)22(29)15-23(13-8-14-28(3)16-23)18-9-6-5-7-10-18/h5-7,9-12H,4,8,13-16H2,1-3H3. The van der Waals surface area contributed by atoms with Crippen molar-refractivity contribution in [3.8, 4) is 0 Å². The fraction of sp³-hybridized carbons (Fsp3) is 0.458. The first-order valence-corrected chi connectivity index (χ1v) is 10.1. The van der Waals surface area contributed by atoms with Crippen LogP contribution < -0.4 is 0 Å². The predicted octanol–water partition coefficient (Wildman–Crippen LogP) is 5.81. The Morgan fingerprint density at radius 1 is 1.14 bits per heavy atom. The molecule has 5 heteroatoms. The quantitative estimate of drug-likeness (QED) is 0.587. The molecule has 1 unspecified atom stereocenters. The van der Waals surface area contributed by atoms with Gasteiger partial charge in [-0.05, 0) is 62.5 Å². The third-order valence-electron chi connectivity index (χ3n) is 6.21. The summed E-state index contributed by atoms with van der Waals surface area (Å²) in [5.41, 5.74) is 1.27. The average Bonchev–Trinajstić information content (AvgIpc) is 2.67. The summed E-state index contributed by atoms with van der Waals surface area (Å²) in [7, 11) is 2.06. The number of carbonyl (C=O) groups is 1. The Bertz CT molecular complexity index is 876. The Hall–Kier alpha value is -2.14. The second-order valence-electron chi connectivity index (χ2n) is 8.20. The van der Waals surface area contributed by atoms with Crippen LogP contribution >= 0.6 is 0 Å². The highest BCUT2D eigenvalue weighted by molar-refractivity contribution is 5.98. The van der Waals surface area contributed by atoms with Crippen molar-refractivity contribution >= 4 is 5.78 Å². The van der Waals surface area contributed by atoms with Gasteiger partial charge in [0.05, 0.1) is 5.56 Å². The average molecular weight is 403 g/mol. The molecular formula is C24H28F3NO. The number of ketones is 1. The van der Waals surface area contributed by atoms with E-state index in [2.05, 4.69) is 24.1 Å². The van der Waals surface area contributed by atoms with Crippen LogP contribution in [0, 0.1) is 6.92 Å².